The molecule has 7 atom stereocenters. The Morgan fingerprint density at radius 2 is 1.92 bits per heavy atom. The summed E-state index contributed by atoms with van der Waals surface area (Å²) >= 11 is 0. The first-order valence-electron chi connectivity index (χ1n) is 12.2. The summed E-state index contributed by atoms with van der Waals surface area (Å²) in [6.07, 6.45) is -6.48. The number of nitrogen functional groups attached to an aromatic ring is 1. The van der Waals surface area contributed by atoms with E-state index >= 15 is 0 Å². The maximum Gasteiger partial charge on any atom is 0.380 e. The standard InChI is InChI=1S/C24H33F2N4O8P/c1-13(2)35-21(32)14(3)11-39(34,38-16-8-6-5-7-9-16)37-15(4)18-19(31)24(28,12-25)22(36-18)30-10-17(26)20(27)29-23(30)33/h5-10,13-15,18-19,22,31H,11-12,28H2,1-4H3,(H2,27,29,33)/t14-,15-,18-,19+,22-,24?,39+/m1/s1. The predicted molar refractivity (Wildman–Crippen MR) is 136 cm³/mol. The quantitative estimate of drug-likeness (QED) is 0.265. The molecule has 0 radical (unpaired) electrons. The molecule has 0 aliphatic carbocycles. The lowest BCUT2D eigenvalue weighted by molar-refractivity contribution is -0.151. The minimum absolute atomic E-state index is 0.176. The van der Waals surface area contributed by atoms with Gasteiger partial charge in [-0.3, -0.25) is 13.9 Å². The number of rotatable bonds is 11. The van der Waals surface area contributed by atoms with Gasteiger partial charge in [-0.25, -0.2) is 18.1 Å². The topological polar surface area (TPSA) is 178 Å². The van der Waals surface area contributed by atoms with Gasteiger partial charge in [0.15, 0.2) is 17.9 Å². The number of aromatic nitrogens is 2. The number of esters is 1. The fourth-order valence-corrected chi connectivity index (χ4v) is 6.17. The third-order valence-electron chi connectivity index (χ3n) is 6.05. The molecular weight excluding hydrogens is 541 g/mol. The zero-order valence-electron chi connectivity index (χ0n) is 21.9. The van der Waals surface area contributed by atoms with E-state index in [1.807, 2.05) is 0 Å². The molecule has 1 aromatic heterocycles. The summed E-state index contributed by atoms with van der Waals surface area (Å²) in [5.74, 6) is -3.15. The van der Waals surface area contributed by atoms with Crippen LogP contribution in [-0.4, -0.2) is 63.4 Å². The molecule has 5 N–H and O–H groups in total. The van der Waals surface area contributed by atoms with Gasteiger partial charge in [-0.1, -0.05) is 25.1 Å². The van der Waals surface area contributed by atoms with Crippen LogP contribution in [0.3, 0.4) is 0 Å². The zero-order chi connectivity index (χ0) is 29.1. The van der Waals surface area contributed by atoms with Crippen LogP contribution < -0.4 is 21.7 Å². The van der Waals surface area contributed by atoms with Gasteiger partial charge in [-0.05, 0) is 32.9 Å². The average molecular weight is 575 g/mol. The number of nitrogens with two attached hydrogens (primary N) is 2. The number of hydrogen-bond donors (Lipinski definition) is 3. The van der Waals surface area contributed by atoms with Crippen molar-refractivity contribution in [1.29, 1.82) is 0 Å². The van der Waals surface area contributed by atoms with Crippen LogP contribution in [0.2, 0.25) is 0 Å². The number of hydrogen-bond acceptors (Lipinski definition) is 11. The second kappa shape index (κ2) is 12.1. The second-order valence-electron chi connectivity index (χ2n) is 9.70. The van der Waals surface area contributed by atoms with Crippen molar-refractivity contribution in [2.75, 3.05) is 18.6 Å². The Hall–Kier alpha value is -2.90. The smallest absolute Gasteiger partial charge is 0.380 e. The molecule has 1 unspecified atom stereocenters. The van der Waals surface area contributed by atoms with Crippen molar-refractivity contribution in [2.45, 2.75) is 63.9 Å². The Morgan fingerprint density at radius 3 is 2.51 bits per heavy atom. The summed E-state index contributed by atoms with van der Waals surface area (Å²) < 4.78 is 65.2. The molecular formula is C24H33F2N4O8P. The van der Waals surface area contributed by atoms with Crippen LogP contribution in [0.5, 0.6) is 5.75 Å². The molecule has 12 nitrogen and oxygen atoms in total. The number of halogens is 2. The molecule has 1 fully saturated rings. The van der Waals surface area contributed by atoms with Gasteiger partial charge in [0.05, 0.1) is 30.5 Å². The number of anilines is 1. The fourth-order valence-electron chi connectivity index (χ4n) is 4.08. The lowest BCUT2D eigenvalue weighted by atomic mass is 9.91. The zero-order valence-corrected chi connectivity index (χ0v) is 22.8. The van der Waals surface area contributed by atoms with E-state index in [0.717, 1.165) is 0 Å². The van der Waals surface area contributed by atoms with Crippen molar-refractivity contribution in [1.82, 2.24) is 9.55 Å². The molecule has 2 aromatic rings. The Kier molecular flexibility index (Phi) is 9.50. The predicted octanol–water partition coefficient (Wildman–Crippen LogP) is 2.15. The number of nitrogens with zero attached hydrogens (tertiary/aromatic N) is 2. The van der Waals surface area contributed by atoms with Gasteiger partial charge in [0.1, 0.15) is 30.2 Å². The van der Waals surface area contributed by atoms with Crippen molar-refractivity contribution >= 4 is 19.4 Å². The maximum absolute atomic E-state index is 14.2. The summed E-state index contributed by atoms with van der Waals surface area (Å²) in [6.45, 7) is 4.78. The lowest BCUT2D eigenvalue weighted by Crippen LogP contribution is -2.58. The Morgan fingerprint density at radius 1 is 1.28 bits per heavy atom. The highest BCUT2D eigenvalue weighted by Gasteiger charge is 2.58. The van der Waals surface area contributed by atoms with E-state index in [-0.39, 0.29) is 5.75 Å². The van der Waals surface area contributed by atoms with Crippen molar-refractivity contribution in [2.24, 2.45) is 11.7 Å². The first-order chi connectivity index (χ1) is 18.2. The normalized spacial score (nSPS) is 26.1. The molecule has 0 saturated carbocycles. The molecule has 1 aromatic carbocycles. The molecule has 1 aliphatic rings. The van der Waals surface area contributed by atoms with Gasteiger partial charge < -0.3 is 30.6 Å². The molecule has 3 rings (SSSR count). The van der Waals surface area contributed by atoms with Crippen molar-refractivity contribution in [3.63, 3.8) is 0 Å². The van der Waals surface area contributed by atoms with Crippen molar-refractivity contribution in [3.05, 3.63) is 52.8 Å². The third-order valence-corrected chi connectivity index (χ3v) is 8.19. The average Bonchev–Trinajstić information content (AvgIpc) is 3.12. The summed E-state index contributed by atoms with van der Waals surface area (Å²) in [5, 5.41) is 11.0. The molecule has 2 heterocycles. The molecule has 0 bridgehead atoms. The number of alkyl halides is 1. The highest BCUT2D eigenvalue weighted by Crippen LogP contribution is 2.52. The van der Waals surface area contributed by atoms with E-state index in [1.54, 1.807) is 32.0 Å². The van der Waals surface area contributed by atoms with E-state index in [4.69, 9.17) is 30.0 Å². The summed E-state index contributed by atoms with van der Waals surface area (Å²) in [5.41, 5.74) is 8.09. The molecule has 15 heteroatoms. The monoisotopic (exact) mass is 574 g/mol. The molecule has 216 valence electrons. The van der Waals surface area contributed by atoms with E-state index in [9.17, 15) is 28.0 Å². The number of carbonyl (C=O) groups is 1. The minimum Gasteiger partial charge on any atom is -0.463 e. The van der Waals surface area contributed by atoms with E-state index < -0.39 is 85.8 Å². The summed E-state index contributed by atoms with van der Waals surface area (Å²) in [6, 6.07) is 8.03. The van der Waals surface area contributed by atoms with Crippen LogP contribution in [0.25, 0.3) is 0 Å². The molecule has 0 spiro atoms. The SMILES string of the molecule is CC(C)OC(=O)[C@H](C)C[P@@](=O)(Oc1ccccc1)O[C@H](C)[C@H]1O[C@@H](n2cc(F)c(N)nc2=O)C(N)(CF)[C@H]1O. The molecule has 39 heavy (non-hydrogen) atoms. The van der Waals surface area contributed by atoms with E-state index in [0.29, 0.717) is 10.8 Å². The van der Waals surface area contributed by atoms with E-state index in [2.05, 4.69) is 4.98 Å². The Bertz CT molecular complexity index is 1270. The first-order valence-corrected chi connectivity index (χ1v) is 13.9. The highest BCUT2D eigenvalue weighted by molar-refractivity contribution is 7.54. The summed E-state index contributed by atoms with van der Waals surface area (Å²) in [7, 11) is -4.18. The van der Waals surface area contributed by atoms with Gasteiger partial charge in [0.2, 0.25) is 0 Å². The van der Waals surface area contributed by atoms with Gasteiger partial charge in [0, 0.05) is 0 Å². The Labute approximate surface area is 223 Å². The van der Waals surface area contributed by atoms with Gasteiger partial charge in [-0.15, -0.1) is 0 Å². The summed E-state index contributed by atoms with van der Waals surface area (Å²) in [4.78, 5) is 28.1. The Balaban J connectivity index is 1.91. The number of carbonyl (C=O) groups excluding carboxylic acids is 1. The van der Waals surface area contributed by atoms with Gasteiger partial charge in [0.25, 0.3) is 0 Å². The van der Waals surface area contributed by atoms with Crippen LogP contribution in [0.15, 0.2) is 41.3 Å². The van der Waals surface area contributed by atoms with Crippen molar-refractivity contribution < 1.29 is 41.8 Å². The number of benzene rings is 1. The first kappa shape index (κ1) is 30.6. The van der Waals surface area contributed by atoms with Crippen LogP contribution in [0.4, 0.5) is 14.6 Å². The van der Waals surface area contributed by atoms with E-state index in [1.165, 1.54) is 26.0 Å². The number of para-hydroxylation sites is 1. The van der Waals surface area contributed by atoms with Crippen LogP contribution in [0.1, 0.15) is 33.9 Å². The number of aliphatic hydroxyl groups excluding tert-OH is 1. The molecule has 1 aliphatic heterocycles. The third kappa shape index (κ3) is 6.82. The highest BCUT2D eigenvalue weighted by atomic mass is 31.2. The second-order valence-corrected chi connectivity index (χ2v) is 11.7. The minimum atomic E-state index is -4.18. The number of aliphatic hydroxyl groups is 1. The van der Waals surface area contributed by atoms with Crippen LogP contribution in [-0.2, 0) is 23.4 Å². The lowest BCUT2D eigenvalue weighted by Gasteiger charge is -2.31. The van der Waals surface area contributed by atoms with Crippen LogP contribution in [0, 0.1) is 11.7 Å². The van der Waals surface area contributed by atoms with Crippen molar-refractivity contribution in [3.8, 4) is 5.75 Å². The van der Waals surface area contributed by atoms with Gasteiger partial charge >= 0.3 is 19.3 Å². The fraction of sp³-hybridized carbons (Fsp3) is 0.542. The largest absolute Gasteiger partial charge is 0.463 e. The number of ether oxygens (including phenoxy) is 2. The maximum atomic E-state index is 14.2. The molecule has 0 amide bonds. The van der Waals surface area contributed by atoms with Crippen LogP contribution >= 0.6 is 7.60 Å². The molecule has 1 saturated heterocycles. The van der Waals surface area contributed by atoms with Gasteiger partial charge in [-0.2, -0.15) is 4.98 Å².